The number of nitrogens with one attached hydrogen (secondary N) is 2. The summed E-state index contributed by atoms with van der Waals surface area (Å²) in [6.45, 7) is 12.1. The molecule has 2 aliphatic heterocycles. The summed E-state index contributed by atoms with van der Waals surface area (Å²) in [7, 11) is 1.40. The molecule has 0 aromatic carbocycles. The zero-order chi connectivity index (χ0) is 31.4. The number of hydrogen-bond acceptors (Lipinski definition) is 7. The fraction of sp³-hybridized carbons (Fsp3) is 0.457. The van der Waals surface area contributed by atoms with Gasteiger partial charge in [0, 0.05) is 93.8 Å². The summed E-state index contributed by atoms with van der Waals surface area (Å²) in [6.07, 6.45) is 2.01. The van der Waals surface area contributed by atoms with Gasteiger partial charge in [0.1, 0.15) is 6.61 Å². The highest BCUT2D eigenvalue weighted by Crippen LogP contribution is 2.45. The van der Waals surface area contributed by atoms with E-state index >= 15 is 0 Å². The van der Waals surface area contributed by atoms with Gasteiger partial charge in [0.05, 0.1) is 18.3 Å². The number of carbonyl (C=O) groups is 3. The second kappa shape index (κ2) is 11.3. The quantitative estimate of drug-likeness (QED) is 0.297. The van der Waals surface area contributed by atoms with Crippen molar-refractivity contribution in [3.8, 4) is 0 Å². The zero-order valence-corrected chi connectivity index (χ0v) is 26.5. The highest BCUT2D eigenvalue weighted by atomic mass is 16.5. The molecule has 9 heteroatoms. The number of aromatic amines is 2. The predicted octanol–water partition coefficient (Wildman–Crippen LogP) is 6.87. The van der Waals surface area contributed by atoms with Crippen LogP contribution in [-0.4, -0.2) is 44.8 Å². The van der Waals surface area contributed by atoms with Crippen LogP contribution in [0.15, 0.2) is 18.2 Å². The van der Waals surface area contributed by atoms with E-state index in [1.165, 1.54) is 14.0 Å². The van der Waals surface area contributed by atoms with E-state index in [1.54, 1.807) is 0 Å². The van der Waals surface area contributed by atoms with Gasteiger partial charge in [0.15, 0.2) is 5.78 Å². The lowest BCUT2D eigenvalue weighted by Crippen LogP contribution is -2.09. The lowest BCUT2D eigenvalue weighted by molar-refractivity contribution is -0.142. The molecule has 3 aromatic rings. The molecule has 230 valence electrons. The summed E-state index contributed by atoms with van der Waals surface area (Å²) in [5.74, 6) is -0.205. The Bertz CT molecular complexity index is 1870. The van der Waals surface area contributed by atoms with E-state index in [2.05, 4.69) is 48.9 Å². The number of hydrogen-bond donors (Lipinski definition) is 2. The molecule has 0 fully saturated rings. The molecular weight excluding hydrogens is 556 g/mol. The minimum absolute atomic E-state index is 0.00703. The molecule has 9 nitrogen and oxygen atoms in total. The topological polar surface area (TPSA) is 127 Å². The second-order valence-electron chi connectivity index (χ2n) is 12.5. The summed E-state index contributed by atoms with van der Waals surface area (Å²) in [5, 5.41) is 0. The first kappa shape index (κ1) is 29.8. The van der Waals surface area contributed by atoms with Crippen LogP contribution in [-0.2, 0) is 32.1 Å². The number of aromatic nitrogens is 4. The Morgan fingerprint density at radius 3 is 2.30 bits per heavy atom. The molecule has 8 bridgehead atoms. The largest absolute Gasteiger partial charge is 0.469 e. The van der Waals surface area contributed by atoms with Crippen LogP contribution in [0.4, 0.5) is 0 Å². The van der Waals surface area contributed by atoms with Gasteiger partial charge in [0.2, 0.25) is 0 Å². The van der Waals surface area contributed by atoms with Crippen LogP contribution < -0.4 is 0 Å². The molecule has 3 aromatic heterocycles. The fourth-order valence-electron chi connectivity index (χ4n) is 7.28. The van der Waals surface area contributed by atoms with Crippen molar-refractivity contribution in [3.05, 3.63) is 68.8 Å². The van der Waals surface area contributed by atoms with Crippen molar-refractivity contribution in [2.75, 3.05) is 7.11 Å². The molecule has 2 unspecified atom stereocenters. The molecule has 6 rings (SSSR count). The van der Waals surface area contributed by atoms with Gasteiger partial charge < -0.3 is 19.4 Å². The van der Waals surface area contributed by atoms with Crippen molar-refractivity contribution in [2.45, 2.75) is 97.5 Å². The van der Waals surface area contributed by atoms with Gasteiger partial charge >= 0.3 is 11.9 Å². The normalized spacial score (nSPS) is 20.7. The maximum atomic E-state index is 13.5. The Kier molecular flexibility index (Phi) is 7.68. The Morgan fingerprint density at radius 2 is 1.59 bits per heavy atom. The van der Waals surface area contributed by atoms with Crippen LogP contribution in [0.5, 0.6) is 0 Å². The third-order valence-electron chi connectivity index (χ3n) is 9.97. The minimum atomic E-state index is -0.340. The predicted molar refractivity (Wildman–Crippen MR) is 168 cm³/mol. The van der Waals surface area contributed by atoms with Crippen LogP contribution in [0.2, 0.25) is 0 Å². The highest BCUT2D eigenvalue weighted by Gasteiger charge is 2.36. The number of Topliss-reactive ketones (excluding diaryl/α,β-unsaturated/α-hetero) is 1. The van der Waals surface area contributed by atoms with Gasteiger partial charge in [-0.1, -0.05) is 20.8 Å². The molecule has 5 heterocycles. The molecule has 4 atom stereocenters. The van der Waals surface area contributed by atoms with Crippen LogP contribution in [0.3, 0.4) is 0 Å². The summed E-state index contributed by atoms with van der Waals surface area (Å²) >= 11 is 0. The summed E-state index contributed by atoms with van der Waals surface area (Å²) < 4.78 is 10.4. The van der Waals surface area contributed by atoms with Gasteiger partial charge in [-0.15, -0.1) is 0 Å². The molecule has 3 aliphatic rings. The van der Waals surface area contributed by atoms with Gasteiger partial charge in [-0.2, -0.15) is 0 Å². The van der Waals surface area contributed by atoms with E-state index in [4.69, 9.17) is 19.4 Å². The molecular formula is C35H40N4O5. The van der Waals surface area contributed by atoms with E-state index in [1.807, 2.05) is 13.8 Å². The Hall–Kier alpha value is -4.27. The van der Waals surface area contributed by atoms with Crippen LogP contribution in [0, 0.1) is 13.8 Å². The average molecular weight is 597 g/mol. The highest BCUT2D eigenvalue weighted by molar-refractivity contribution is 6.13. The SMILES string of the molecule is CCC1c2cc3[nH]c4c(c5nc(cc6[nH]c(cc(n2)C1C)c(COC(C)=O)c6C)[C@@H](C)[C@@H]5CCC(=O)OC)CC(=O)c4c3C. The van der Waals surface area contributed by atoms with E-state index in [-0.39, 0.29) is 60.8 Å². The van der Waals surface area contributed by atoms with E-state index in [9.17, 15) is 14.4 Å². The maximum Gasteiger partial charge on any atom is 0.305 e. The number of ether oxygens (including phenoxy) is 2. The molecule has 0 saturated heterocycles. The van der Waals surface area contributed by atoms with E-state index < -0.39 is 0 Å². The van der Waals surface area contributed by atoms with Gasteiger partial charge in [-0.3, -0.25) is 24.4 Å². The first-order valence-electron chi connectivity index (χ1n) is 15.5. The number of esters is 2. The molecule has 2 N–H and O–H groups in total. The monoisotopic (exact) mass is 596 g/mol. The number of carbonyl (C=O) groups excluding carboxylic acids is 3. The lowest BCUT2D eigenvalue weighted by Gasteiger charge is -2.16. The first-order chi connectivity index (χ1) is 21.0. The fourth-order valence-corrected chi connectivity index (χ4v) is 7.28. The Balaban J connectivity index is 1.70. The number of rotatable bonds is 6. The Morgan fingerprint density at radius 1 is 0.932 bits per heavy atom. The number of fused-ring (bicyclic) bond motifs is 8. The van der Waals surface area contributed by atoms with Crippen molar-refractivity contribution in [1.82, 2.24) is 19.9 Å². The van der Waals surface area contributed by atoms with Crippen molar-refractivity contribution in [1.29, 1.82) is 0 Å². The van der Waals surface area contributed by atoms with Crippen LogP contribution >= 0.6 is 0 Å². The second-order valence-corrected chi connectivity index (χ2v) is 12.5. The first-order valence-corrected chi connectivity index (χ1v) is 15.5. The van der Waals surface area contributed by atoms with E-state index in [0.717, 1.165) is 79.1 Å². The van der Waals surface area contributed by atoms with Crippen molar-refractivity contribution in [3.63, 3.8) is 0 Å². The number of methoxy groups -OCH3 is 1. The van der Waals surface area contributed by atoms with E-state index in [0.29, 0.717) is 6.42 Å². The minimum Gasteiger partial charge on any atom is -0.469 e. The molecule has 44 heavy (non-hydrogen) atoms. The molecule has 0 saturated carbocycles. The van der Waals surface area contributed by atoms with Crippen molar-refractivity contribution < 1.29 is 23.9 Å². The van der Waals surface area contributed by atoms with Gasteiger partial charge in [-0.05, 0) is 56.0 Å². The zero-order valence-electron chi connectivity index (χ0n) is 26.5. The maximum absolute atomic E-state index is 13.5. The molecule has 0 amide bonds. The lowest BCUT2D eigenvalue weighted by atomic mass is 9.85. The van der Waals surface area contributed by atoms with Gasteiger partial charge in [-0.25, -0.2) is 0 Å². The summed E-state index contributed by atoms with van der Waals surface area (Å²) in [6, 6.07) is 6.24. The smallest absolute Gasteiger partial charge is 0.305 e. The molecule has 1 aliphatic carbocycles. The number of nitrogens with zero attached hydrogens (tertiary/aromatic N) is 2. The third-order valence-corrected chi connectivity index (χ3v) is 9.97. The standard InChI is InChI=1S/C35H40N4O5/c1-8-21-16(2)26-13-30-24(15-44-20(6)40)18(4)25(37-30)12-27-17(3)22(9-10-32(42)43-7)34(38-27)23-11-31(41)33-19(5)28(39-35(23)33)14-29(21)36-26/h12-14,16-17,21-22,37,39H,8-11,15H2,1-7H3/t16?,17-,21?,22-/m0/s1. The van der Waals surface area contributed by atoms with Crippen LogP contribution in [0.25, 0.3) is 22.1 Å². The molecule has 0 spiro atoms. The average Bonchev–Trinajstić information content (AvgIpc) is 3.73. The Labute approximate surface area is 256 Å². The van der Waals surface area contributed by atoms with Crippen molar-refractivity contribution >= 4 is 39.8 Å². The number of aryl methyl sites for hydroxylation is 2. The van der Waals surface area contributed by atoms with Crippen LogP contribution in [0.1, 0.15) is 126 Å². The molecule has 0 radical (unpaired) electrons. The third kappa shape index (κ3) is 4.92. The number of ketones is 1. The number of H-pyrrole nitrogens is 2. The van der Waals surface area contributed by atoms with Gasteiger partial charge in [0.25, 0.3) is 0 Å². The summed E-state index contributed by atoms with van der Waals surface area (Å²) in [4.78, 5) is 55.0. The van der Waals surface area contributed by atoms with Crippen molar-refractivity contribution in [2.24, 2.45) is 0 Å². The summed E-state index contributed by atoms with van der Waals surface area (Å²) in [5.41, 5.74) is 11.5.